The van der Waals surface area contributed by atoms with Gasteiger partial charge < -0.3 is 16.2 Å². The molecule has 0 atom stereocenters. The summed E-state index contributed by atoms with van der Waals surface area (Å²) in [5.74, 6) is 1.35. The molecule has 0 aromatic heterocycles. The van der Waals surface area contributed by atoms with Gasteiger partial charge in [-0.25, -0.2) is 4.79 Å². The molecule has 0 aliphatic carbocycles. The van der Waals surface area contributed by atoms with E-state index in [0.717, 1.165) is 35.6 Å². The molecule has 1 saturated heterocycles. The maximum absolute atomic E-state index is 11.1. The maximum Gasteiger partial charge on any atom is 0.337 e. The Balaban J connectivity index is 2.20. The van der Waals surface area contributed by atoms with Gasteiger partial charge in [0.1, 0.15) is 0 Å². The highest BCUT2D eigenvalue weighted by atomic mass is 32.2. The molecule has 1 aromatic carbocycles. The van der Waals surface area contributed by atoms with Gasteiger partial charge in [-0.3, -0.25) is 0 Å². The average molecular weight is 266 g/mol. The highest BCUT2D eigenvalue weighted by molar-refractivity contribution is 7.99. The molecule has 1 aliphatic rings. The number of rotatable bonds is 3. The van der Waals surface area contributed by atoms with Gasteiger partial charge in [0.25, 0.3) is 0 Å². The highest BCUT2D eigenvalue weighted by Gasteiger charge is 2.16. The summed E-state index contributed by atoms with van der Waals surface area (Å²) in [6, 6.07) is 3.99. The van der Waals surface area contributed by atoms with Crippen molar-refractivity contribution in [2.24, 2.45) is 0 Å². The minimum atomic E-state index is -0.974. The van der Waals surface area contributed by atoms with Crippen LogP contribution in [0.1, 0.15) is 28.8 Å². The SMILES string of the molecule is Cc1cc(NC2CCSCC2)cc(C(=O)O)c1N. The maximum atomic E-state index is 11.1. The summed E-state index contributed by atoms with van der Waals surface area (Å²) >= 11 is 1.97. The van der Waals surface area contributed by atoms with Crippen molar-refractivity contribution in [1.29, 1.82) is 0 Å². The summed E-state index contributed by atoms with van der Waals surface area (Å²) < 4.78 is 0. The third-order valence-electron chi connectivity index (χ3n) is 3.21. The van der Waals surface area contributed by atoms with E-state index in [2.05, 4.69) is 5.32 Å². The zero-order valence-corrected chi connectivity index (χ0v) is 11.2. The monoisotopic (exact) mass is 266 g/mol. The summed E-state index contributed by atoms with van der Waals surface area (Å²) in [5, 5.41) is 12.5. The Morgan fingerprint density at radius 1 is 1.44 bits per heavy atom. The first-order valence-electron chi connectivity index (χ1n) is 6.05. The molecule has 1 fully saturated rings. The van der Waals surface area contributed by atoms with Crippen LogP contribution in [0.25, 0.3) is 0 Å². The molecule has 5 heteroatoms. The van der Waals surface area contributed by atoms with E-state index in [-0.39, 0.29) is 5.56 Å². The molecule has 98 valence electrons. The van der Waals surface area contributed by atoms with E-state index in [4.69, 9.17) is 10.8 Å². The second-order valence-electron chi connectivity index (χ2n) is 4.59. The van der Waals surface area contributed by atoms with Gasteiger partial charge >= 0.3 is 5.97 Å². The number of carboxylic acids is 1. The van der Waals surface area contributed by atoms with Crippen molar-refractivity contribution >= 4 is 29.1 Å². The van der Waals surface area contributed by atoms with Crippen molar-refractivity contribution in [3.63, 3.8) is 0 Å². The number of hydrogen-bond donors (Lipinski definition) is 3. The molecule has 0 bridgehead atoms. The summed E-state index contributed by atoms with van der Waals surface area (Å²) in [5.41, 5.74) is 7.98. The molecule has 1 heterocycles. The smallest absolute Gasteiger partial charge is 0.337 e. The number of thioether (sulfide) groups is 1. The van der Waals surface area contributed by atoms with E-state index >= 15 is 0 Å². The van der Waals surface area contributed by atoms with E-state index < -0.39 is 5.97 Å². The molecule has 4 N–H and O–H groups in total. The largest absolute Gasteiger partial charge is 0.478 e. The predicted molar refractivity (Wildman–Crippen MR) is 76.5 cm³/mol. The highest BCUT2D eigenvalue weighted by Crippen LogP contribution is 2.26. The van der Waals surface area contributed by atoms with Gasteiger partial charge in [0.2, 0.25) is 0 Å². The fourth-order valence-electron chi connectivity index (χ4n) is 2.14. The molecule has 18 heavy (non-hydrogen) atoms. The fourth-order valence-corrected chi connectivity index (χ4v) is 3.24. The summed E-state index contributed by atoms with van der Waals surface area (Å²) in [6.45, 7) is 1.84. The zero-order chi connectivity index (χ0) is 13.1. The third kappa shape index (κ3) is 2.90. The van der Waals surface area contributed by atoms with Crippen LogP contribution in [0.15, 0.2) is 12.1 Å². The molecule has 4 nitrogen and oxygen atoms in total. The van der Waals surface area contributed by atoms with Gasteiger partial charge in [0.05, 0.1) is 5.56 Å². The van der Waals surface area contributed by atoms with Crippen LogP contribution in [-0.4, -0.2) is 28.6 Å². The van der Waals surface area contributed by atoms with Crippen LogP contribution >= 0.6 is 11.8 Å². The van der Waals surface area contributed by atoms with Gasteiger partial charge in [-0.15, -0.1) is 0 Å². The number of anilines is 2. The number of hydrogen-bond acceptors (Lipinski definition) is 4. The van der Waals surface area contributed by atoms with Gasteiger partial charge in [0, 0.05) is 17.4 Å². The first-order valence-corrected chi connectivity index (χ1v) is 7.21. The first-order chi connectivity index (χ1) is 8.58. The average Bonchev–Trinajstić information content (AvgIpc) is 2.34. The molecule has 0 radical (unpaired) electrons. The molecular weight excluding hydrogens is 248 g/mol. The zero-order valence-electron chi connectivity index (χ0n) is 10.4. The lowest BCUT2D eigenvalue weighted by Crippen LogP contribution is -2.24. The van der Waals surface area contributed by atoms with E-state index in [1.54, 1.807) is 6.07 Å². The fraction of sp³-hybridized carbons (Fsp3) is 0.462. The van der Waals surface area contributed by atoms with Crippen molar-refractivity contribution in [1.82, 2.24) is 0 Å². The lowest BCUT2D eigenvalue weighted by molar-refractivity contribution is 0.0698. The van der Waals surface area contributed by atoms with Crippen LogP contribution in [0.2, 0.25) is 0 Å². The molecule has 1 aliphatic heterocycles. The van der Waals surface area contributed by atoms with Crippen molar-refractivity contribution in [2.45, 2.75) is 25.8 Å². The summed E-state index contributed by atoms with van der Waals surface area (Å²) in [7, 11) is 0. The van der Waals surface area contributed by atoms with Crippen LogP contribution in [0, 0.1) is 6.92 Å². The van der Waals surface area contributed by atoms with E-state index in [1.807, 2.05) is 24.8 Å². The topological polar surface area (TPSA) is 75.3 Å². The van der Waals surface area contributed by atoms with E-state index in [9.17, 15) is 4.79 Å². The molecule has 2 rings (SSSR count). The Labute approximate surface area is 111 Å². The number of carbonyl (C=O) groups is 1. The summed E-state index contributed by atoms with van der Waals surface area (Å²) in [4.78, 5) is 11.1. The molecule has 1 aromatic rings. The number of carboxylic acid groups (broad SMARTS) is 1. The number of nitrogens with one attached hydrogen (secondary N) is 1. The lowest BCUT2D eigenvalue weighted by atomic mass is 10.1. The van der Waals surface area contributed by atoms with Crippen LogP contribution in [0.3, 0.4) is 0 Å². The van der Waals surface area contributed by atoms with Gasteiger partial charge in [-0.2, -0.15) is 11.8 Å². The number of benzene rings is 1. The normalized spacial score (nSPS) is 16.5. The standard InChI is InChI=1S/C13H18N2O2S/c1-8-6-10(7-11(12(8)14)13(16)17)15-9-2-4-18-5-3-9/h6-7,9,15H,2-5,14H2,1H3,(H,16,17). The Morgan fingerprint density at radius 2 is 2.11 bits per heavy atom. The quantitative estimate of drug-likeness (QED) is 0.733. The number of aryl methyl sites for hydroxylation is 1. The molecule has 0 amide bonds. The molecular formula is C13H18N2O2S. The van der Waals surface area contributed by atoms with Gasteiger partial charge in [0.15, 0.2) is 0 Å². The molecule has 0 unspecified atom stereocenters. The van der Waals surface area contributed by atoms with Crippen LogP contribution in [0.5, 0.6) is 0 Å². The van der Waals surface area contributed by atoms with Crippen molar-refractivity contribution in [2.75, 3.05) is 22.6 Å². The van der Waals surface area contributed by atoms with Crippen LogP contribution in [-0.2, 0) is 0 Å². The van der Waals surface area contributed by atoms with Crippen molar-refractivity contribution < 1.29 is 9.90 Å². The van der Waals surface area contributed by atoms with Crippen molar-refractivity contribution in [3.05, 3.63) is 23.3 Å². The van der Waals surface area contributed by atoms with E-state index in [1.165, 1.54) is 0 Å². The Bertz CT molecular complexity index is 457. The first kappa shape index (κ1) is 13.1. The Kier molecular flexibility index (Phi) is 4.01. The summed E-state index contributed by atoms with van der Waals surface area (Å²) in [6.07, 6.45) is 2.24. The molecule has 0 spiro atoms. The van der Waals surface area contributed by atoms with Gasteiger partial charge in [-0.05, 0) is 49.0 Å². The second kappa shape index (κ2) is 5.52. The molecule has 0 saturated carbocycles. The Morgan fingerprint density at radius 3 is 2.72 bits per heavy atom. The second-order valence-corrected chi connectivity index (χ2v) is 5.82. The van der Waals surface area contributed by atoms with E-state index in [0.29, 0.717) is 11.7 Å². The Hall–Kier alpha value is -1.36. The van der Waals surface area contributed by atoms with Crippen molar-refractivity contribution in [3.8, 4) is 0 Å². The van der Waals surface area contributed by atoms with Crippen LogP contribution in [0.4, 0.5) is 11.4 Å². The number of nitrogen functional groups attached to an aromatic ring is 1. The number of nitrogens with two attached hydrogens (primary N) is 1. The number of aromatic carboxylic acids is 1. The minimum Gasteiger partial charge on any atom is -0.478 e. The third-order valence-corrected chi connectivity index (χ3v) is 4.26. The van der Waals surface area contributed by atoms with Gasteiger partial charge in [-0.1, -0.05) is 0 Å². The lowest BCUT2D eigenvalue weighted by Gasteiger charge is -2.24. The van der Waals surface area contributed by atoms with Crippen LogP contribution < -0.4 is 11.1 Å². The minimum absolute atomic E-state index is 0.183. The predicted octanol–water partition coefficient (Wildman–Crippen LogP) is 2.58.